The Bertz CT molecular complexity index is 621. The number of benzene rings is 1. The Morgan fingerprint density at radius 3 is 2.89 bits per heavy atom. The molecule has 0 atom stereocenters. The Morgan fingerprint density at radius 2 is 2.21 bits per heavy atom. The maximum absolute atomic E-state index is 13.6. The number of aryl methyl sites for hydroxylation is 1. The second kappa shape index (κ2) is 6.43. The van der Waals surface area contributed by atoms with E-state index in [1.165, 1.54) is 13.2 Å². The first-order chi connectivity index (χ1) is 9.17. The number of hydrogen-bond acceptors (Lipinski definition) is 3. The molecular formula is C13H17FN2OS2. The monoisotopic (exact) mass is 300 g/mol. The van der Waals surface area contributed by atoms with Crippen LogP contribution in [-0.4, -0.2) is 28.7 Å². The first kappa shape index (κ1) is 14.4. The zero-order valence-electron chi connectivity index (χ0n) is 11.0. The van der Waals surface area contributed by atoms with E-state index in [0.717, 1.165) is 30.7 Å². The summed E-state index contributed by atoms with van der Waals surface area (Å²) < 4.78 is 21.3. The Hall–Kier alpha value is -1.01. The average molecular weight is 300 g/mol. The van der Waals surface area contributed by atoms with Crippen molar-refractivity contribution in [2.45, 2.75) is 19.4 Å². The van der Waals surface area contributed by atoms with Gasteiger partial charge in [0.15, 0.2) is 16.3 Å². The largest absolute Gasteiger partial charge is 0.494 e. The van der Waals surface area contributed by atoms with Crippen LogP contribution in [0.3, 0.4) is 0 Å². The molecule has 0 amide bonds. The second-order valence-corrected chi connectivity index (χ2v) is 5.66. The molecule has 0 radical (unpaired) electrons. The Labute approximate surface area is 121 Å². The molecule has 104 valence electrons. The van der Waals surface area contributed by atoms with E-state index in [1.807, 2.05) is 16.3 Å². The lowest BCUT2D eigenvalue weighted by Gasteiger charge is -2.06. The molecule has 0 spiro atoms. The number of halogens is 1. The van der Waals surface area contributed by atoms with Crippen LogP contribution in [0, 0.1) is 10.6 Å². The number of H-pyrrole nitrogens is 1. The first-order valence-corrected chi connectivity index (χ1v) is 7.92. The van der Waals surface area contributed by atoms with Crippen molar-refractivity contribution in [3.05, 3.63) is 22.7 Å². The lowest BCUT2D eigenvalue weighted by Crippen LogP contribution is -1.99. The molecule has 1 N–H and O–H groups in total. The minimum Gasteiger partial charge on any atom is -0.494 e. The molecule has 19 heavy (non-hydrogen) atoms. The summed E-state index contributed by atoms with van der Waals surface area (Å²) in [7, 11) is 1.47. The van der Waals surface area contributed by atoms with Gasteiger partial charge in [0.2, 0.25) is 0 Å². The Balaban J connectivity index is 2.32. The van der Waals surface area contributed by atoms with Gasteiger partial charge >= 0.3 is 0 Å². The quantitative estimate of drug-likeness (QED) is 0.646. The number of thioether (sulfide) groups is 1. The smallest absolute Gasteiger partial charge is 0.178 e. The van der Waals surface area contributed by atoms with E-state index in [0.29, 0.717) is 10.3 Å². The van der Waals surface area contributed by atoms with Gasteiger partial charge in [0, 0.05) is 18.7 Å². The number of nitrogens with zero attached hydrogens (tertiary/aromatic N) is 1. The fraction of sp³-hybridized carbons (Fsp3) is 0.462. The predicted octanol–water partition coefficient (Wildman–Crippen LogP) is 3.99. The van der Waals surface area contributed by atoms with E-state index in [9.17, 15) is 4.39 Å². The van der Waals surface area contributed by atoms with Gasteiger partial charge in [-0.1, -0.05) is 0 Å². The van der Waals surface area contributed by atoms with Crippen LogP contribution < -0.4 is 4.74 Å². The van der Waals surface area contributed by atoms with Crippen molar-refractivity contribution in [2.24, 2.45) is 0 Å². The second-order valence-electron chi connectivity index (χ2n) is 4.29. The molecule has 1 heterocycles. The third-order valence-corrected chi connectivity index (χ3v) is 4.05. The van der Waals surface area contributed by atoms with Crippen LogP contribution in [0.2, 0.25) is 0 Å². The third kappa shape index (κ3) is 3.12. The van der Waals surface area contributed by atoms with Gasteiger partial charge in [-0.25, -0.2) is 4.39 Å². The summed E-state index contributed by atoms with van der Waals surface area (Å²) in [6, 6.07) is 3.13. The van der Waals surface area contributed by atoms with E-state index < -0.39 is 0 Å². The number of fused-ring (bicyclic) bond motifs is 1. The Kier molecular flexibility index (Phi) is 4.87. The lowest BCUT2D eigenvalue weighted by molar-refractivity contribution is 0.387. The number of rotatable bonds is 6. The number of methoxy groups -OCH3 is 1. The molecule has 0 fully saturated rings. The topological polar surface area (TPSA) is 29.9 Å². The number of aromatic nitrogens is 2. The van der Waals surface area contributed by atoms with Gasteiger partial charge in [-0.2, -0.15) is 11.8 Å². The fourth-order valence-corrected chi connectivity index (χ4v) is 2.85. The van der Waals surface area contributed by atoms with Crippen molar-refractivity contribution in [2.75, 3.05) is 19.1 Å². The van der Waals surface area contributed by atoms with Crippen molar-refractivity contribution in [3.8, 4) is 5.75 Å². The van der Waals surface area contributed by atoms with Gasteiger partial charge in [0.25, 0.3) is 0 Å². The van der Waals surface area contributed by atoms with Gasteiger partial charge in [-0.05, 0) is 37.1 Å². The molecule has 0 saturated heterocycles. The van der Waals surface area contributed by atoms with Gasteiger partial charge in [-0.3, -0.25) is 0 Å². The molecule has 0 aliphatic carbocycles. The minimum absolute atomic E-state index is 0.249. The average Bonchev–Trinajstić information content (AvgIpc) is 2.69. The van der Waals surface area contributed by atoms with Crippen molar-refractivity contribution in [3.63, 3.8) is 0 Å². The van der Waals surface area contributed by atoms with E-state index >= 15 is 0 Å². The molecule has 6 heteroatoms. The normalized spacial score (nSPS) is 11.1. The molecule has 2 aromatic rings. The van der Waals surface area contributed by atoms with E-state index in [2.05, 4.69) is 11.2 Å². The van der Waals surface area contributed by atoms with Gasteiger partial charge in [0.1, 0.15) is 0 Å². The van der Waals surface area contributed by atoms with Crippen LogP contribution in [0.15, 0.2) is 12.1 Å². The molecule has 0 aliphatic rings. The van der Waals surface area contributed by atoms with Crippen molar-refractivity contribution >= 4 is 35.0 Å². The summed E-state index contributed by atoms with van der Waals surface area (Å²) in [6.45, 7) is 0.841. The number of unbranched alkanes of at least 4 members (excludes halogenated alkanes) is 1. The van der Waals surface area contributed by atoms with Crippen LogP contribution in [0.25, 0.3) is 11.0 Å². The summed E-state index contributed by atoms with van der Waals surface area (Å²) in [5, 5.41) is 0. The number of aromatic amines is 1. The standard InChI is InChI=1S/C13H17FN2OS2/c1-17-12-8-11-10(7-9(12)14)15-13(18)16(11)5-3-4-6-19-2/h7-8H,3-6H2,1-2H3,(H,15,18). The van der Waals surface area contributed by atoms with Crippen LogP contribution in [0.5, 0.6) is 5.75 Å². The van der Waals surface area contributed by atoms with Gasteiger partial charge in [0.05, 0.1) is 18.1 Å². The van der Waals surface area contributed by atoms with E-state index in [-0.39, 0.29) is 11.6 Å². The fourth-order valence-electron chi connectivity index (χ4n) is 2.05. The highest BCUT2D eigenvalue weighted by atomic mass is 32.2. The van der Waals surface area contributed by atoms with Crippen molar-refractivity contribution in [1.82, 2.24) is 9.55 Å². The summed E-state index contributed by atoms with van der Waals surface area (Å²) in [4.78, 5) is 3.04. The highest BCUT2D eigenvalue weighted by molar-refractivity contribution is 7.98. The zero-order chi connectivity index (χ0) is 13.8. The predicted molar refractivity (Wildman–Crippen MR) is 81.2 cm³/mol. The SMILES string of the molecule is COc1cc2c(cc1F)[nH]c(=S)n2CCCCSC. The lowest BCUT2D eigenvalue weighted by atomic mass is 10.2. The Morgan fingerprint density at radius 1 is 1.42 bits per heavy atom. The highest BCUT2D eigenvalue weighted by Crippen LogP contribution is 2.24. The number of hydrogen-bond donors (Lipinski definition) is 1. The molecule has 1 aromatic heterocycles. The van der Waals surface area contributed by atoms with Crippen LogP contribution in [0.4, 0.5) is 4.39 Å². The number of ether oxygens (including phenoxy) is 1. The van der Waals surface area contributed by atoms with Crippen LogP contribution >= 0.6 is 24.0 Å². The van der Waals surface area contributed by atoms with E-state index in [4.69, 9.17) is 17.0 Å². The molecule has 1 aromatic carbocycles. The maximum Gasteiger partial charge on any atom is 0.178 e. The molecule has 0 unspecified atom stereocenters. The number of imidazole rings is 1. The summed E-state index contributed by atoms with van der Waals surface area (Å²) in [6.07, 6.45) is 4.31. The highest BCUT2D eigenvalue weighted by Gasteiger charge is 2.10. The summed E-state index contributed by atoms with van der Waals surface area (Å²) in [5.41, 5.74) is 1.61. The van der Waals surface area contributed by atoms with Gasteiger partial charge < -0.3 is 14.3 Å². The number of nitrogens with one attached hydrogen (secondary N) is 1. The molecule has 2 rings (SSSR count). The van der Waals surface area contributed by atoms with Crippen LogP contribution in [0.1, 0.15) is 12.8 Å². The minimum atomic E-state index is -0.374. The maximum atomic E-state index is 13.6. The van der Waals surface area contributed by atoms with Crippen molar-refractivity contribution in [1.29, 1.82) is 0 Å². The zero-order valence-corrected chi connectivity index (χ0v) is 12.7. The molecule has 0 aliphatic heterocycles. The third-order valence-electron chi connectivity index (χ3n) is 3.03. The first-order valence-electron chi connectivity index (χ1n) is 6.12. The van der Waals surface area contributed by atoms with Crippen molar-refractivity contribution < 1.29 is 9.13 Å². The molecule has 0 saturated carbocycles. The molecule has 0 bridgehead atoms. The summed E-state index contributed by atoms with van der Waals surface area (Å²) >= 11 is 7.13. The van der Waals surface area contributed by atoms with E-state index in [1.54, 1.807) is 6.07 Å². The van der Waals surface area contributed by atoms with Crippen LogP contribution in [-0.2, 0) is 6.54 Å². The summed E-state index contributed by atoms with van der Waals surface area (Å²) in [5.74, 6) is 1.02. The molecule has 3 nitrogen and oxygen atoms in total. The molecular weight excluding hydrogens is 283 g/mol. The van der Waals surface area contributed by atoms with Gasteiger partial charge in [-0.15, -0.1) is 0 Å².